The third kappa shape index (κ3) is 3.41. The van der Waals surface area contributed by atoms with Crippen LogP contribution in [0.2, 0.25) is 0 Å². The van der Waals surface area contributed by atoms with Crippen molar-refractivity contribution in [2.24, 2.45) is 7.05 Å². The summed E-state index contributed by atoms with van der Waals surface area (Å²) in [4.78, 5) is 21.2. The number of hydrogen-bond acceptors (Lipinski definition) is 3. The summed E-state index contributed by atoms with van der Waals surface area (Å²) in [7, 11) is 1.76. The van der Waals surface area contributed by atoms with Gasteiger partial charge in [-0.2, -0.15) is 18.3 Å². The minimum Gasteiger partial charge on any atom is -0.357 e. The smallest absolute Gasteiger partial charge is 0.357 e. The summed E-state index contributed by atoms with van der Waals surface area (Å²) in [5.41, 5.74) is 1.44. The van der Waals surface area contributed by atoms with Gasteiger partial charge in [0.25, 0.3) is 5.91 Å². The van der Waals surface area contributed by atoms with Crippen molar-refractivity contribution in [2.45, 2.75) is 24.9 Å². The summed E-state index contributed by atoms with van der Waals surface area (Å²) in [6, 6.07) is 4.08. The van der Waals surface area contributed by atoms with Crippen molar-refractivity contribution >= 4 is 16.9 Å². The van der Waals surface area contributed by atoms with Crippen LogP contribution in [0.15, 0.2) is 30.6 Å². The van der Waals surface area contributed by atoms with Crippen LogP contribution < -0.4 is 0 Å². The van der Waals surface area contributed by atoms with Crippen LogP contribution in [-0.2, 0) is 13.2 Å². The average Bonchev–Trinajstić information content (AvgIpc) is 3.26. The second kappa shape index (κ2) is 6.40. The Balaban J connectivity index is 1.47. The van der Waals surface area contributed by atoms with E-state index in [2.05, 4.69) is 15.1 Å². The van der Waals surface area contributed by atoms with Crippen molar-refractivity contribution in [3.63, 3.8) is 0 Å². The van der Waals surface area contributed by atoms with Gasteiger partial charge in [-0.25, -0.2) is 4.98 Å². The van der Waals surface area contributed by atoms with Gasteiger partial charge in [0.05, 0.1) is 22.8 Å². The Bertz CT molecular complexity index is 982. The number of alkyl halides is 3. The normalized spacial score (nSPS) is 16.2. The van der Waals surface area contributed by atoms with Gasteiger partial charge in [0, 0.05) is 37.9 Å². The van der Waals surface area contributed by atoms with Gasteiger partial charge < -0.3 is 9.88 Å². The van der Waals surface area contributed by atoms with Gasteiger partial charge in [-0.05, 0) is 31.0 Å². The van der Waals surface area contributed by atoms with Gasteiger partial charge in [-0.15, -0.1) is 0 Å². The van der Waals surface area contributed by atoms with Gasteiger partial charge in [0.2, 0.25) is 0 Å². The molecule has 0 radical (unpaired) electrons. The number of pyridine rings is 1. The highest BCUT2D eigenvalue weighted by Crippen LogP contribution is 2.32. The van der Waals surface area contributed by atoms with Crippen LogP contribution in [0, 0.1) is 0 Å². The van der Waals surface area contributed by atoms with Crippen LogP contribution in [0.3, 0.4) is 0 Å². The van der Waals surface area contributed by atoms with Crippen molar-refractivity contribution in [1.29, 1.82) is 0 Å². The lowest BCUT2D eigenvalue weighted by molar-refractivity contribution is -0.140. The minimum atomic E-state index is -4.45. The van der Waals surface area contributed by atoms with E-state index in [1.165, 1.54) is 6.07 Å². The van der Waals surface area contributed by atoms with Gasteiger partial charge in [0.1, 0.15) is 5.69 Å². The van der Waals surface area contributed by atoms with Crippen LogP contribution in [-0.4, -0.2) is 43.6 Å². The highest BCUT2D eigenvalue weighted by Gasteiger charge is 2.33. The molecule has 6 nitrogen and oxygen atoms in total. The Morgan fingerprint density at radius 3 is 2.63 bits per heavy atom. The maximum atomic E-state index is 12.8. The van der Waals surface area contributed by atoms with E-state index in [9.17, 15) is 18.0 Å². The molecule has 142 valence electrons. The van der Waals surface area contributed by atoms with Crippen molar-refractivity contribution in [3.8, 4) is 0 Å². The number of carbonyl (C=O) groups excluding carboxylic acids is 1. The van der Waals surface area contributed by atoms with E-state index in [-0.39, 0.29) is 11.8 Å². The Labute approximate surface area is 153 Å². The number of aryl methyl sites for hydroxylation is 1. The first kappa shape index (κ1) is 17.6. The summed E-state index contributed by atoms with van der Waals surface area (Å²) in [5, 5.41) is 4.02. The number of amides is 1. The number of nitrogens with one attached hydrogen (secondary N) is 1. The van der Waals surface area contributed by atoms with Crippen LogP contribution in [0.1, 0.15) is 40.5 Å². The largest absolute Gasteiger partial charge is 0.433 e. The number of H-pyrrole nitrogens is 1. The molecule has 3 aromatic rings. The van der Waals surface area contributed by atoms with Crippen LogP contribution in [0.25, 0.3) is 11.0 Å². The number of likely N-dealkylation sites (tertiary alicyclic amines) is 1. The minimum absolute atomic E-state index is 0.0466. The first-order valence-electron chi connectivity index (χ1n) is 8.66. The fraction of sp³-hybridized carbons (Fsp3) is 0.389. The molecule has 4 rings (SSSR count). The lowest BCUT2D eigenvalue weighted by Gasteiger charge is -2.31. The molecule has 0 aliphatic carbocycles. The first-order valence-corrected chi connectivity index (χ1v) is 8.66. The molecule has 1 aliphatic heterocycles. The van der Waals surface area contributed by atoms with Crippen molar-refractivity contribution in [2.75, 3.05) is 13.1 Å². The van der Waals surface area contributed by atoms with E-state index >= 15 is 0 Å². The molecule has 0 bridgehead atoms. The van der Waals surface area contributed by atoms with E-state index in [0.717, 1.165) is 24.6 Å². The Kier molecular flexibility index (Phi) is 4.16. The number of carbonyl (C=O) groups is 1. The number of aromatic amines is 1. The van der Waals surface area contributed by atoms with Gasteiger partial charge >= 0.3 is 6.18 Å². The quantitative estimate of drug-likeness (QED) is 0.745. The van der Waals surface area contributed by atoms with E-state index in [1.54, 1.807) is 35.1 Å². The van der Waals surface area contributed by atoms with Crippen molar-refractivity contribution < 1.29 is 18.0 Å². The topological polar surface area (TPSA) is 66.8 Å². The SMILES string of the molecule is Cn1cc(C(=O)N2CCC(c3cc4nc(C(F)(F)F)ccc4[nH]3)CC2)cn1. The third-order valence-corrected chi connectivity index (χ3v) is 4.96. The molecular formula is C18H18F3N5O. The molecule has 0 saturated carbocycles. The summed E-state index contributed by atoms with van der Waals surface area (Å²) in [6.45, 7) is 1.18. The van der Waals surface area contributed by atoms with Gasteiger partial charge in [0.15, 0.2) is 0 Å². The molecule has 0 unspecified atom stereocenters. The zero-order valence-corrected chi connectivity index (χ0v) is 14.6. The maximum absolute atomic E-state index is 12.8. The van der Waals surface area contributed by atoms with Gasteiger partial charge in [-0.1, -0.05) is 0 Å². The molecule has 3 aromatic heterocycles. The fourth-order valence-corrected chi connectivity index (χ4v) is 3.52. The van der Waals surface area contributed by atoms with Crippen LogP contribution >= 0.6 is 0 Å². The predicted molar refractivity (Wildman–Crippen MR) is 92.2 cm³/mol. The molecule has 4 heterocycles. The number of hydrogen-bond donors (Lipinski definition) is 1. The lowest BCUT2D eigenvalue weighted by atomic mass is 9.93. The summed E-state index contributed by atoms with van der Waals surface area (Å²) in [6.07, 6.45) is 0.269. The lowest BCUT2D eigenvalue weighted by Crippen LogP contribution is -2.37. The average molecular weight is 377 g/mol. The van der Waals surface area contributed by atoms with E-state index in [1.807, 2.05) is 0 Å². The van der Waals surface area contributed by atoms with E-state index in [4.69, 9.17) is 0 Å². The third-order valence-electron chi connectivity index (χ3n) is 4.96. The second-order valence-corrected chi connectivity index (χ2v) is 6.82. The molecular weight excluding hydrogens is 359 g/mol. The second-order valence-electron chi connectivity index (χ2n) is 6.82. The van der Waals surface area contributed by atoms with E-state index < -0.39 is 11.9 Å². The standard InChI is InChI=1S/C18H18F3N5O/c1-25-10-12(9-22-25)17(27)26-6-4-11(5-7-26)14-8-15-13(23-14)2-3-16(24-15)18(19,20)21/h2-3,8-11,23H,4-7H2,1H3. The zero-order chi connectivity index (χ0) is 19.2. The molecule has 27 heavy (non-hydrogen) atoms. The Morgan fingerprint density at radius 2 is 2.00 bits per heavy atom. The molecule has 1 N–H and O–H groups in total. The molecule has 0 spiro atoms. The summed E-state index contributed by atoms with van der Waals surface area (Å²) < 4.78 is 40.1. The molecule has 1 fully saturated rings. The monoisotopic (exact) mass is 377 g/mol. The highest BCUT2D eigenvalue weighted by atomic mass is 19.4. The summed E-state index contributed by atoms with van der Waals surface area (Å²) in [5.74, 6) is 0.112. The van der Waals surface area contributed by atoms with Crippen LogP contribution in [0.5, 0.6) is 0 Å². The Morgan fingerprint density at radius 1 is 1.26 bits per heavy atom. The molecule has 1 saturated heterocycles. The molecule has 1 amide bonds. The van der Waals surface area contributed by atoms with Crippen molar-refractivity contribution in [1.82, 2.24) is 24.6 Å². The highest BCUT2D eigenvalue weighted by molar-refractivity contribution is 5.93. The predicted octanol–water partition coefficient (Wildman–Crippen LogP) is 3.34. The number of aromatic nitrogens is 4. The zero-order valence-electron chi connectivity index (χ0n) is 14.6. The number of rotatable bonds is 2. The fourth-order valence-electron chi connectivity index (χ4n) is 3.52. The maximum Gasteiger partial charge on any atom is 0.433 e. The molecule has 1 aliphatic rings. The van der Waals surface area contributed by atoms with E-state index in [0.29, 0.717) is 29.7 Å². The van der Waals surface area contributed by atoms with Gasteiger partial charge in [-0.3, -0.25) is 9.48 Å². The number of nitrogens with zero attached hydrogens (tertiary/aromatic N) is 4. The number of halogens is 3. The van der Waals surface area contributed by atoms with Crippen LogP contribution in [0.4, 0.5) is 13.2 Å². The molecule has 9 heteroatoms. The number of piperidine rings is 1. The summed E-state index contributed by atoms with van der Waals surface area (Å²) >= 11 is 0. The number of fused-ring (bicyclic) bond motifs is 1. The first-order chi connectivity index (χ1) is 12.8. The Hall–Kier alpha value is -2.84. The molecule has 0 aromatic carbocycles. The molecule has 0 atom stereocenters. The van der Waals surface area contributed by atoms with Crippen molar-refractivity contribution in [3.05, 3.63) is 47.5 Å².